The molecule has 6 atom stereocenters. The van der Waals surface area contributed by atoms with Crippen LogP contribution in [0.4, 0.5) is 0 Å². The fraction of sp³-hybridized carbons (Fsp3) is 0.821. The molecule has 2 bridgehead atoms. The molecule has 13 heteroatoms. The lowest BCUT2D eigenvalue weighted by molar-refractivity contribution is -0.525. The number of hydrogen-bond acceptors (Lipinski definition) is 7. The zero-order valence-electron chi connectivity index (χ0n) is 25.7. The first-order valence-corrected chi connectivity index (χ1v) is 15.0. The first kappa shape index (κ1) is 32.8. The number of nitrogens with two attached hydrogens (primary N) is 1. The molecule has 3 aliphatic carbocycles. The highest BCUT2D eigenvalue weighted by molar-refractivity contribution is 6.48. The van der Waals surface area contributed by atoms with E-state index in [4.69, 9.17) is 15.0 Å². The maximum atomic E-state index is 13.7. The highest BCUT2D eigenvalue weighted by Crippen LogP contribution is 2.65. The first-order valence-electron chi connectivity index (χ1n) is 15.0. The van der Waals surface area contributed by atoms with Gasteiger partial charge in [-0.1, -0.05) is 52.5 Å². The van der Waals surface area contributed by atoms with E-state index in [2.05, 4.69) is 50.2 Å². The third kappa shape index (κ3) is 7.79. The maximum absolute atomic E-state index is 13.7. The van der Waals surface area contributed by atoms with Crippen molar-refractivity contribution < 1.29 is 23.9 Å². The smallest absolute Gasteiger partial charge is 0.404 e. The minimum absolute atomic E-state index is 0.00575. The Morgan fingerprint density at radius 1 is 1.24 bits per heavy atom. The van der Waals surface area contributed by atoms with Crippen molar-refractivity contribution in [2.75, 3.05) is 6.54 Å². The fourth-order valence-corrected chi connectivity index (χ4v) is 6.72. The molecule has 1 aliphatic heterocycles. The summed E-state index contributed by atoms with van der Waals surface area (Å²) >= 11 is 0. The average Bonchev–Trinajstić information content (AvgIpc) is 3.24. The first-order chi connectivity index (χ1) is 19.2. The second-order valence-electron chi connectivity index (χ2n) is 13.1. The Labute approximate surface area is 244 Å². The number of nitrogens with one attached hydrogen (secondary N) is 3. The molecule has 12 nitrogen and oxygen atoms in total. The van der Waals surface area contributed by atoms with E-state index in [1.165, 1.54) is 0 Å². The molecule has 0 aromatic rings. The number of nitrogens with zero attached hydrogens (tertiary/aromatic N) is 2. The molecule has 230 valence electrons. The normalized spacial score (nSPS) is 28.4. The summed E-state index contributed by atoms with van der Waals surface area (Å²) in [6, 6.07) is -0.840. The van der Waals surface area contributed by atoms with Gasteiger partial charge < -0.3 is 25.7 Å². The van der Waals surface area contributed by atoms with E-state index >= 15 is 0 Å². The lowest BCUT2D eigenvalue weighted by Gasteiger charge is -2.64. The zero-order valence-corrected chi connectivity index (χ0v) is 25.7. The standard InChI is InChI=1S/C28H49BN6O6/c1-8-9-11-18(4)24(36)32-20(12-10-13-31-26(30)34-35(38)39)25(37)33-23(14-17(2)3)29-40-22-16-19-15-21(27(19,5)6)28(22,7)41-29/h11,17,19-23H,8-10,12-16H2,1-7H3,(H,32,36)(H,33,37)(H3,30,31,34)/b18-11+/t19-,20+,21-,22-,23+,28+/m1/s1. The lowest BCUT2D eigenvalue weighted by atomic mass is 9.43. The number of allylic oxidation sites excluding steroid dienone is 1. The van der Waals surface area contributed by atoms with Gasteiger partial charge in [0.1, 0.15) is 6.04 Å². The SMILES string of the molecule is CCC/C=C(\C)C(=O)N[C@@H](CCCN=C(N)N[N+](=O)[O-])C(=O)N[C@@H](CC(C)C)B1O[C@@H]2C[C@H]3C[C@H](C3(C)C)[C@]2(C)O1. The van der Waals surface area contributed by atoms with Gasteiger partial charge in [0.25, 0.3) is 5.96 Å². The van der Waals surface area contributed by atoms with Crippen molar-refractivity contribution >= 4 is 24.9 Å². The van der Waals surface area contributed by atoms with Crippen molar-refractivity contribution in [3.63, 3.8) is 0 Å². The molecule has 0 unspecified atom stereocenters. The molecule has 5 N–H and O–H groups in total. The van der Waals surface area contributed by atoms with Gasteiger partial charge >= 0.3 is 7.12 Å². The van der Waals surface area contributed by atoms with Gasteiger partial charge in [-0.2, -0.15) is 0 Å². The van der Waals surface area contributed by atoms with Crippen molar-refractivity contribution in [3.05, 3.63) is 21.8 Å². The number of unbranched alkanes of at least 4 members (excludes halogenated alkanes) is 1. The van der Waals surface area contributed by atoms with Crippen molar-refractivity contribution in [2.24, 2.45) is 33.9 Å². The Hall–Kier alpha value is -2.67. The monoisotopic (exact) mass is 576 g/mol. The van der Waals surface area contributed by atoms with Crippen molar-refractivity contribution in [2.45, 2.75) is 117 Å². The van der Waals surface area contributed by atoms with Crippen LogP contribution in [0.5, 0.6) is 0 Å². The van der Waals surface area contributed by atoms with Gasteiger partial charge in [-0.05, 0) is 75.5 Å². The number of guanidine groups is 1. The van der Waals surface area contributed by atoms with Gasteiger partial charge in [-0.15, -0.1) is 0 Å². The van der Waals surface area contributed by atoms with Gasteiger partial charge in [-0.3, -0.25) is 9.59 Å². The minimum Gasteiger partial charge on any atom is -0.404 e. The Kier molecular flexibility index (Phi) is 10.8. The largest absolute Gasteiger partial charge is 0.481 e. The summed E-state index contributed by atoms with van der Waals surface area (Å²) in [6.07, 6.45) is 6.91. The number of amides is 2. The Balaban J connectivity index is 1.72. The summed E-state index contributed by atoms with van der Waals surface area (Å²) in [5.41, 5.74) is 7.66. The van der Waals surface area contributed by atoms with E-state index in [9.17, 15) is 19.7 Å². The Bertz CT molecular complexity index is 1040. The molecule has 0 radical (unpaired) electrons. The minimum atomic E-state index is -0.840. The predicted molar refractivity (Wildman–Crippen MR) is 158 cm³/mol. The van der Waals surface area contributed by atoms with E-state index in [0.29, 0.717) is 30.3 Å². The van der Waals surface area contributed by atoms with Crippen LogP contribution in [-0.2, 0) is 18.9 Å². The number of hydrogen-bond donors (Lipinski definition) is 4. The van der Waals surface area contributed by atoms with E-state index in [-0.39, 0.29) is 54.1 Å². The quantitative estimate of drug-likeness (QED) is 0.0465. The van der Waals surface area contributed by atoms with Crippen LogP contribution >= 0.6 is 0 Å². The lowest BCUT2D eigenvalue weighted by Crippen LogP contribution is -2.65. The van der Waals surface area contributed by atoms with Crippen LogP contribution in [0.2, 0.25) is 0 Å². The Morgan fingerprint density at radius 3 is 2.56 bits per heavy atom. The van der Waals surface area contributed by atoms with Crippen LogP contribution < -0.4 is 21.8 Å². The second kappa shape index (κ2) is 13.5. The average molecular weight is 577 g/mol. The number of aliphatic imine (C=N–C) groups is 1. The van der Waals surface area contributed by atoms with Gasteiger partial charge in [0.15, 0.2) is 5.03 Å². The van der Waals surface area contributed by atoms with Crippen molar-refractivity contribution in [1.29, 1.82) is 0 Å². The van der Waals surface area contributed by atoms with E-state index in [0.717, 1.165) is 25.7 Å². The van der Waals surface area contributed by atoms with Crippen LogP contribution in [0.3, 0.4) is 0 Å². The van der Waals surface area contributed by atoms with E-state index < -0.39 is 23.8 Å². The van der Waals surface area contributed by atoms with Gasteiger partial charge in [-0.25, -0.2) is 15.1 Å². The van der Waals surface area contributed by atoms with Crippen molar-refractivity contribution in [1.82, 2.24) is 16.1 Å². The summed E-state index contributed by atoms with van der Waals surface area (Å²) in [5.74, 6) is -0.0581. The summed E-state index contributed by atoms with van der Waals surface area (Å²) < 4.78 is 13.2. The van der Waals surface area contributed by atoms with Crippen LogP contribution in [0.15, 0.2) is 16.6 Å². The van der Waals surface area contributed by atoms with E-state index in [1.807, 2.05) is 13.0 Å². The molecule has 3 saturated carbocycles. The van der Waals surface area contributed by atoms with Gasteiger partial charge in [0.2, 0.25) is 11.8 Å². The summed E-state index contributed by atoms with van der Waals surface area (Å²) in [4.78, 5) is 41.1. The van der Waals surface area contributed by atoms with Gasteiger partial charge in [0.05, 0.1) is 17.6 Å². The molecule has 0 aromatic carbocycles. The van der Waals surface area contributed by atoms with Crippen LogP contribution in [0.25, 0.3) is 0 Å². The molecular weight excluding hydrogens is 527 g/mol. The molecule has 0 spiro atoms. The molecule has 2 amide bonds. The highest BCUT2D eigenvalue weighted by Gasteiger charge is 2.68. The van der Waals surface area contributed by atoms with E-state index in [1.54, 1.807) is 12.3 Å². The fourth-order valence-electron chi connectivity index (χ4n) is 6.72. The second-order valence-corrected chi connectivity index (χ2v) is 13.1. The molecule has 41 heavy (non-hydrogen) atoms. The number of carbonyl (C=O) groups excluding carboxylic acids is 2. The Morgan fingerprint density at radius 2 is 1.95 bits per heavy atom. The highest BCUT2D eigenvalue weighted by atomic mass is 16.7. The molecule has 4 aliphatic rings. The third-order valence-corrected chi connectivity index (χ3v) is 9.21. The molecule has 4 fully saturated rings. The summed E-state index contributed by atoms with van der Waals surface area (Å²) in [6.45, 7) is 14.9. The molecule has 1 saturated heterocycles. The third-order valence-electron chi connectivity index (χ3n) is 9.21. The van der Waals surface area contributed by atoms with Crippen LogP contribution in [0.1, 0.15) is 93.4 Å². The zero-order chi connectivity index (χ0) is 30.5. The number of carbonyl (C=O) groups is 2. The van der Waals surface area contributed by atoms with Crippen LogP contribution in [0, 0.1) is 33.3 Å². The number of rotatable bonds is 14. The number of hydrazine groups is 1. The van der Waals surface area contributed by atoms with Crippen molar-refractivity contribution in [3.8, 4) is 0 Å². The number of nitro groups is 1. The topological polar surface area (TPSA) is 170 Å². The predicted octanol–water partition coefficient (Wildman–Crippen LogP) is 2.89. The summed E-state index contributed by atoms with van der Waals surface area (Å²) in [5, 5.41) is 15.8. The molecule has 4 rings (SSSR count). The maximum Gasteiger partial charge on any atom is 0.481 e. The summed E-state index contributed by atoms with van der Waals surface area (Å²) in [7, 11) is -0.577. The molecule has 1 heterocycles. The molecule has 0 aromatic heterocycles. The molecular formula is C28H49BN6O6. The van der Waals surface area contributed by atoms with Gasteiger partial charge in [0, 0.05) is 12.1 Å². The van der Waals surface area contributed by atoms with Crippen LogP contribution in [-0.4, -0.2) is 60.2 Å².